The van der Waals surface area contributed by atoms with Crippen LogP contribution < -0.4 is 14.9 Å². The number of rotatable bonds is 2. The zero-order valence-corrected chi connectivity index (χ0v) is 8.11. The van der Waals surface area contributed by atoms with Crippen molar-refractivity contribution in [1.82, 2.24) is 0 Å². The van der Waals surface area contributed by atoms with Crippen LogP contribution in [0.25, 0.3) is 0 Å². The van der Waals surface area contributed by atoms with Gasteiger partial charge < -0.3 is 19.2 Å². The van der Waals surface area contributed by atoms with Gasteiger partial charge in [0.25, 0.3) is 0 Å². The molecule has 4 nitrogen and oxygen atoms in total. The fourth-order valence-corrected chi connectivity index (χ4v) is 1.55. The molecule has 0 unspecified atom stereocenters. The second-order valence-electron chi connectivity index (χ2n) is 3.07. The van der Waals surface area contributed by atoms with Gasteiger partial charge in [-0.2, -0.15) is 0 Å². The molecule has 1 aliphatic rings. The maximum atomic E-state index is 9.45. The third kappa shape index (κ3) is 1.34. The zero-order chi connectivity index (χ0) is 10.1. The summed E-state index contributed by atoms with van der Waals surface area (Å²) in [6.07, 6.45) is 0. The van der Waals surface area contributed by atoms with Crippen LogP contribution in [0, 0.1) is 0 Å². The van der Waals surface area contributed by atoms with Crippen LogP contribution in [0.5, 0.6) is 11.5 Å². The quantitative estimate of drug-likeness (QED) is 0.669. The van der Waals surface area contributed by atoms with Crippen LogP contribution >= 0.6 is 0 Å². The molecule has 0 saturated carbocycles. The van der Waals surface area contributed by atoms with Crippen molar-refractivity contribution in [3.05, 3.63) is 17.7 Å². The van der Waals surface area contributed by atoms with Crippen LogP contribution in [0.4, 0.5) is 0 Å². The topological polar surface area (TPSA) is 47.9 Å². The lowest BCUT2D eigenvalue weighted by Gasteiger charge is -2.09. The van der Waals surface area contributed by atoms with Gasteiger partial charge >= 0.3 is 7.12 Å². The van der Waals surface area contributed by atoms with E-state index in [-0.39, 0.29) is 0 Å². The monoisotopic (exact) mass is 194 g/mol. The first-order chi connectivity index (χ1) is 6.76. The molecule has 1 aromatic rings. The van der Waals surface area contributed by atoms with Crippen LogP contribution in [0.2, 0.25) is 0 Å². The Bertz CT molecular complexity index is 352. The molecule has 0 bridgehead atoms. The van der Waals surface area contributed by atoms with Gasteiger partial charge in [-0.3, -0.25) is 0 Å². The third-order valence-corrected chi connectivity index (χ3v) is 2.31. The molecule has 0 aliphatic carbocycles. The molecule has 1 aliphatic heterocycles. The molecule has 1 aromatic carbocycles. The van der Waals surface area contributed by atoms with E-state index in [0.29, 0.717) is 18.1 Å². The highest BCUT2D eigenvalue weighted by molar-refractivity contribution is 6.61. The lowest BCUT2D eigenvalue weighted by atomic mass is 9.79. The summed E-state index contributed by atoms with van der Waals surface area (Å²) in [5, 5.41) is 9.45. The molecule has 0 saturated heterocycles. The summed E-state index contributed by atoms with van der Waals surface area (Å²) in [5.41, 5.74) is 1.69. The Balaban J connectivity index is 2.49. The molecule has 0 radical (unpaired) electrons. The first-order valence-corrected chi connectivity index (χ1v) is 4.30. The predicted octanol–water partition coefficient (Wildman–Crippen LogP) is -0.0785. The minimum atomic E-state index is -0.843. The minimum Gasteiger partial charge on any atom is -0.493 e. The van der Waals surface area contributed by atoms with Gasteiger partial charge in [0, 0.05) is 0 Å². The van der Waals surface area contributed by atoms with E-state index >= 15 is 0 Å². The Morgan fingerprint density at radius 1 is 1.29 bits per heavy atom. The Labute approximate surface area is 82.5 Å². The summed E-state index contributed by atoms with van der Waals surface area (Å²) >= 11 is 0. The summed E-state index contributed by atoms with van der Waals surface area (Å²) < 4.78 is 15.3. The number of benzene rings is 1. The molecule has 0 spiro atoms. The number of ether oxygens (including phenoxy) is 2. The second kappa shape index (κ2) is 3.51. The molecular weight excluding hydrogens is 183 g/mol. The van der Waals surface area contributed by atoms with E-state index in [9.17, 15) is 5.02 Å². The Morgan fingerprint density at radius 2 is 1.93 bits per heavy atom. The molecule has 1 N–H and O–H groups in total. The van der Waals surface area contributed by atoms with Crippen LogP contribution in [0.3, 0.4) is 0 Å². The van der Waals surface area contributed by atoms with E-state index in [1.165, 1.54) is 0 Å². The van der Waals surface area contributed by atoms with Crippen LogP contribution in [0.15, 0.2) is 12.1 Å². The molecular formula is C9H11BO4. The van der Waals surface area contributed by atoms with Gasteiger partial charge in [0.15, 0.2) is 11.5 Å². The van der Waals surface area contributed by atoms with E-state index in [0.717, 1.165) is 11.0 Å². The largest absolute Gasteiger partial charge is 0.493 e. The van der Waals surface area contributed by atoms with Crippen molar-refractivity contribution in [3.8, 4) is 11.5 Å². The van der Waals surface area contributed by atoms with Gasteiger partial charge in [-0.1, -0.05) is 0 Å². The van der Waals surface area contributed by atoms with Gasteiger partial charge in [-0.15, -0.1) is 0 Å². The van der Waals surface area contributed by atoms with Gasteiger partial charge in [0.1, 0.15) is 0 Å². The normalized spacial score (nSPS) is 14.1. The first-order valence-electron chi connectivity index (χ1n) is 4.30. The highest BCUT2D eigenvalue weighted by atomic mass is 16.5. The average molecular weight is 194 g/mol. The lowest BCUT2D eigenvalue weighted by molar-refractivity contribution is 0.275. The number of methoxy groups -OCH3 is 2. The van der Waals surface area contributed by atoms with E-state index in [1.54, 1.807) is 20.3 Å². The second-order valence-corrected chi connectivity index (χ2v) is 3.07. The maximum Gasteiger partial charge on any atom is 0.491 e. The summed E-state index contributed by atoms with van der Waals surface area (Å²) in [7, 11) is 2.30. The fourth-order valence-electron chi connectivity index (χ4n) is 1.55. The van der Waals surface area contributed by atoms with E-state index in [2.05, 4.69) is 0 Å². The predicted molar refractivity (Wildman–Crippen MR) is 51.9 cm³/mol. The van der Waals surface area contributed by atoms with Gasteiger partial charge in [-0.25, -0.2) is 0 Å². The summed E-state index contributed by atoms with van der Waals surface area (Å²) in [4.78, 5) is 0. The van der Waals surface area contributed by atoms with Crippen molar-refractivity contribution in [1.29, 1.82) is 0 Å². The van der Waals surface area contributed by atoms with Crippen molar-refractivity contribution in [2.75, 3.05) is 14.2 Å². The molecule has 74 valence electrons. The van der Waals surface area contributed by atoms with Crippen molar-refractivity contribution in [2.45, 2.75) is 6.61 Å². The van der Waals surface area contributed by atoms with Crippen LogP contribution in [0.1, 0.15) is 5.56 Å². The summed E-state index contributed by atoms with van der Waals surface area (Å²) in [5.74, 6) is 1.26. The minimum absolute atomic E-state index is 0.414. The van der Waals surface area contributed by atoms with Crippen molar-refractivity contribution in [2.24, 2.45) is 0 Å². The molecule has 0 amide bonds. The molecule has 0 fully saturated rings. The maximum absolute atomic E-state index is 9.45. The number of hydrogen-bond acceptors (Lipinski definition) is 4. The molecule has 5 heteroatoms. The van der Waals surface area contributed by atoms with Crippen molar-refractivity contribution >= 4 is 12.6 Å². The number of hydrogen-bond donors (Lipinski definition) is 1. The van der Waals surface area contributed by atoms with Crippen molar-refractivity contribution < 1.29 is 19.2 Å². The SMILES string of the molecule is COc1cc2c(cc1OC)B(O)OC2. The van der Waals surface area contributed by atoms with E-state index in [4.69, 9.17) is 14.1 Å². The highest BCUT2D eigenvalue weighted by Crippen LogP contribution is 2.28. The molecule has 2 rings (SSSR count). The highest BCUT2D eigenvalue weighted by Gasteiger charge is 2.29. The van der Waals surface area contributed by atoms with Crippen LogP contribution in [-0.4, -0.2) is 26.4 Å². The number of fused-ring (bicyclic) bond motifs is 1. The Morgan fingerprint density at radius 3 is 2.57 bits per heavy atom. The van der Waals surface area contributed by atoms with Gasteiger partial charge in [0.05, 0.1) is 20.8 Å². The fraction of sp³-hybridized carbons (Fsp3) is 0.333. The summed E-state index contributed by atoms with van der Waals surface area (Å²) in [6, 6.07) is 3.57. The third-order valence-electron chi connectivity index (χ3n) is 2.31. The van der Waals surface area contributed by atoms with E-state index < -0.39 is 7.12 Å². The van der Waals surface area contributed by atoms with E-state index in [1.807, 2.05) is 6.07 Å². The standard InChI is InChI=1S/C9H11BO4/c1-12-8-3-6-5-14-10(11)7(6)4-9(8)13-2/h3-4,11H,5H2,1-2H3. The Hall–Kier alpha value is -1.20. The first kappa shape index (κ1) is 9.36. The van der Waals surface area contributed by atoms with Crippen LogP contribution in [-0.2, 0) is 11.3 Å². The molecule has 14 heavy (non-hydrogen) atoms. The van der Waals surface area contributed by atoms with Crippen molar-refractivity contribution in [3.63, 3.8) is 0 Å². The Kier molecular flexibility index (Phi) is 2.35. The smallest absolute Gasteiger partial charge is 0.491 e. The summed E-state index contributed by atoms with van der Waals surface area (Å²) in [6.45, 7) is 0.414. The van der Waals surface area contributed by atoms with Gasteiger partial charge in [0.2, 0.25) is 0 Å². The molecule has 0 atom stereocenters. The molecule has 0 aromatic heterocycles. The average Bonchev–Trinajstić information content (AvgIpc) is 2.58. The molecule has 1 heterocycles. The zero-order valence-electron chi connectivity index (χ0n) is 8.11. The van der Waals surface area contributed by atoms with Gasteiger partial charge in [-0.05, 0) is 23.2 Å². The lowest BCUT2D eigenvalue weighted by Crippen LogP contribution is -2.28.